The molecular formula is C12H15NO3. The molecule has 0 aliphatic carbocycles. The number of piperidine rings is 1. The summed E-state index contributed by atoms with van der Waals surface area (Å²) in [6.45, 7) is 2.90. The SMILES string of the molecule is CC(=O)C1CCN(C(=O)c2ccco2)CC1. The van der Waals surface area contributed by atoms with Crippen molar-refractivity contribution in [1.82, 2.24) is 4.90 Å². The molecule has 1 aromatic rings. The molecule has 0 unspecified atom stereocenters. The molecule has 1 aliphatic heterocycles. The molecule has 1 saturated heterocycles. The second kappa shape index (κ2) is 4.51. The van der Waals surface area contributed by atoms with E-state index in [1.165, 1.54) is 6.26 Å². The van der Waals surface area contributed by atoms with Crippen LogP contribution in [0.2, 0.25) is 0 Å². The standard InChI is InChI=1S/C12H15NO3/c1-9(14)10-4-6-13(7-5-10)12(15)11-3-2-8-16-11/h2-3,8,10H,4-7H2,1H3. The molecule has 2 heterocycles. The van der Waals surface area contributed by atoms with Crippen LogP contribution in [0, 0.1) is 5.92 Å². The summed E-state index contributed by atoms with van der Waals surface area (Å²) in [5.74, 6) is 0.652. The summed E-state index contributed by atoms with van der Waals surface area (Å²) in [5, 5.41) is 0. The molecule has 0 atom stereocenters. The van der Waals surface area contributed by atoms with Crippen molar-refractivity contribution in [2.75, 3.05) is 13.1 Å². The molecule has 1 fully saturated rings. The Bertz CT molecular complexity index is 375. The number of furan rings is 1. The van der Waals surface area contributed by atoms with Crippen molar-refractivity contribution in [2.45, 2.75) is 19.8 Å². The molecule has 4 nitrogen and oxygen atoms in total. The van der Waals surface area contributed by atoms with E-state index >= 15 is 0 Å². The molecular weight excluding hydrogens is 206 g/mol. The summed E-state index contributed by atoms with van der Waals surface area (Å²) in [7, 11) is 0. The molecule has 1 amide bonds. The van der Waals surface area contributed by atoms with Gasteiger partial charge in [0.2, 0.25) is 0 Å². The third kappa shape index (κ3) is 2.15. The van der Waals surface area contributed by atoms with Crippen LogP contribution >= 0.6 is 0 Å². The topological polar surface area (TPSA) is 50.5 Å². The molecule has 1 aliphatic rings. The van der Waals surface area contributed by atoms with Crippen molar-refractivity contribution in [3.05, 3.63) is 24.2 Å². The zero-order valence-corrected chi connectivity index (χ0v) is 9.31. The Morgan fingerprint density at radius 2 is 2.06 bits per heavy atom. The first-order valence-electron chi connectivity index (χ1n) is 5.51. The molecule has 0 bridgehead atoms. The fraction of sp³-hybridized carbons (Fsp3) is 0.500. The molecule has 0 radical (unpaired) electrons. The average molecular weight is 221 g/mol. The number of likely N-dealkylation sites (tertiary alicyclic amines) is 1. The van der Waals surface area contributed by atoms with Crippen molar-refractivity contribution in [1.29, 1.82) is 0 Å². The molecule has 0 spiro atoms. The predicted octanol–water partition coefficient (Wildman–Crippen LogP) is 1.72. The van der Waals surface area contributed by atoms with Crippen LogP contribution in [0.15, 0.2) is 22.8 Å². The van der Waals surface area contributed by atoms with E-state index < -0.39 is 0 Å². The summed E-state index contributed by atoms with van der Waals surface area (Å²) < 4.78 is 5.06. The summed E-state index contributed by atoms with van der Waals surface area (Å²) in [4.78, 5) is 24.8. The number of carbonyl (C=O) groups is 2. The molecule has 4 heteroatoms. The molecule has 2 rings (SSSR count). The highest BCUT2D eigenvalue weighted by atomic mass is 16.3. The van der Waals surface area contributed by atoms with Crippen LogP contribution < -0.4 is 0 Å². The average Bonchev–Trinajstić information content (AvgIpc) is 2.81. The molecule has 1 aromatic heterocycles. The Hall–Kier alpha value is -1.58. The van der Waals surface area contributed by atoms with Gasteiger partial charge in [-0.2, -0.15) is 0 Å². The maximum Gasteiger partial charge on any atom is 0.289 e. The Balaban J connectivity index is 1.94. The quantitative estimate of drug-likeness (QED) is 0.764. The lowest BCUT2D eigenvalue weighted by Crippen LogP contribution is -2.39. The van der Waals surface area contributed by atoms with Gasteiger partial charge in [0, 0.05) is 19.0 Å². The van der Waals surface area contributed by atoms with Crippen LogP contribution in [0.4, 0.5) is 0 Å². The number of hydrogen-bond acceptors (Lipinski definition) is 3. The molecule has 86 valence electrons. The van der Waals surface area contributed by atoms with Gasteiger partial charge in [-0.15, -0.1) is 0 Å². The van der Waals surface area contributed by atoms with E-state index in [4.69, 9.17) is 4.42 Å². The van der Waals surface area contributed by atoms with Gasteiger partial charge in [-0.3, -0.25) is 9.59 Å². The Kier molecular flexibility index (Phi) is 3.08. The lowest BCUT2D eigenvalue weighted by atomic mass is 9.93. The van der Waals surface area contributed by atoms with E-state index in [9.17, 15) is 9.59 Å². The van der Waals surface area contributed by atoms with Gasteiger partial charge in [0.15, 0.2) is 5.76 Å². The fourth-order valence-corrected chi connectivity index (χ4v) is 2.05. The minimum absolute atomic E-state index is 0.0768. The first kappa shape index (κ1) is 10.9. The van der Waals surface area contributed by atoms with Crippen molar-refractivity contribution >= 4 is 11.7 Å². The van der Waals surface area contributed by atoms with Gasteiger partial charge >= 0.3 is 0 Å². The van der Waals surface area contributed by atoms with Crippen LogP contribution in [0.25, 0.3) is 0 Å². The minimum atomic E-state index is -0.0768. The van der Waals surface area contributed by atoms with Gasteiger partial charge in [-0.25, -0.2) is 0 Å². The second-order valence-corrected chi connectivity index (χ2v) is 4.15. The third-order valence-corrected chi connectivity index (χ3v) is 3.09. The number of Topliss-reactive ketones (excluding diaryl/α,β-unsaturated/α-hetero) is 1. The lowest BCUT2D eigenvalue weighted by Gasteiger charge is -2.30. The number of hydrogen-bond donors (Lipinski definition) is 0. The van der Waals surface area contributed by atoms with Crippen molar-refractivity contribution in [3.63, 3.8) is 0 Å². The smallest absolute Gasteiger partial charge is 0.289 e. The molecule has 0 aromatic carbocycles. The van der Waals surface area contributed by atoms with Gasteiger partial charge in [0.25, 0.3) is 5.91 Å². The van der Waals surface area contributed by atoms with Gasteiger partial charge in [-0.1, -0.05) is 0 Å². The van der Waals surface area contributed by atoms with Crippen LogP contribution in [-0.4, -0.2) is 29.7 Å². The van der Waals surface area contributed by atoms with Crippen LogP contribution in [0.5, 0.6) is 0 Å². The zero-order valence-electron chi connectivity index (χ0n) is 9.31. The summed E-state index contributed by atoms with van der Waals surface area (Å²) in [6.07, 6.45) is 3.03. The lowest BCUT2D eigenvalue weighted by molar-refractivity contribution is -0.121. The Labute approximate surface area is 94.2 Å². The van der Waals surface area contributed by atoms with Crippen LogP contribution in [0.3, 0.4) is 0 Å². The second-order valence-electron chi connectivity index (χ2n) is 4.15. The van der Waals surface area contributed by atoms with E-state index in [1.54, 1.807) is 24.0 Å². The van der Waals surface area contributed by atoms with E-state index in [2.05, 4.69) is 0 Å². The predicted molar refractivity (Wildman–Crippen MR) is 58.0 cm³/mol. The van der Waals surface area contributed by atoms with E-state index in [-0.39, 0.29) is 17.6 Å². The van der Waals surface area contributed by atoms with Crippen LogP contribution in [0.1, 0.15) is 30.3 Å². The van der Waals surface area contributed by atoms with Crippen molar-refractivity contribution in [2.24, 2.45) is 5.92 Å². The highest BCUT2D eigenvalue weighted by molar-refractivity contribution is 5.91. The number of ketones is 1. The zero-order chi connectivity index (χ0) is 11.5. The highest BCUT2D eigenvalue weighted by Gasteiger charge is 2.26. The van der Waals surface area contributed by atoms with Gasteiger partial charge in [0.1, 0.15) is 5.78 Å². The summed E-state index contributed by atoms with van der Waals surface area (Å²) in [6, 6.07) is 3.37. The summed E-state index contributed by atoms with van der Waals surface area (Å²) >= 11 is 0. The first-order valence-corrected chi connectivity index (χ1v) is 5.51. The van der Waals surface area contributed by atoms with Gasteiger partial charge in [-0.05, 0) is 31.9 Å². The van der Waals surface area contributed by atoms with Crippen molar-refractivity contribution < 1.29 is 14.0 Å². The largest absolute Gasteiger partial charge is 0.459 e. The monoisotopic (exact) mass is 221 g/mol. The Morgan fingerprint density at radius 3 is 2.56 bits per heavy atom. The Morgan fingerprint density at radius 1 is 1.38 bits per heavy atom. The first-order chi connectivity index (χ1) is 7.68. The number of rotatable bonds is 2. The maximum absolute atomic E-state index is 11.9. The normalized spacial score (nSPS) is 17.4. The van der Waals surface area contributed by atoms with Crippen molar-refractivity contribution in [3.8, 4) is 0 Å². The molecule has 0 N–H and O–H groups in total. The van der Waals surface area contributed by atoms with E-state index in [0.717, 1.165) is 12.8 Å². The van der Waals surface area contributed by atoms with Gasteiger partial charge in [0.05, 0.1) is 6.26 Å². The maximum atomic E-state index is 11.9. The highest BCUT2D eigenvalue weighted by Crippen LogP contribution is 2.19. The number of amides is 1. The number of carbonyl (C=O) groups excluding carboxylic acids is 2. The number of nitrogens with zero attached hydrogens (tertiary/aromatic N) is 1. The van der Waals surface area contributed by atoms with E-state index in [0.29, 0.717) is 18.8 Å². The minimum Gasteiger partial charge on any atom is -0.459 e. The third-order valence-electron chi connectivity index (χ3n) is 3.09. The summed E-state index contributed by atoms with van der Waals surface area (Å²) in [5.41, 5.74) is 0. The fourth-order valence-electron chi connectivity index (χ4n) is 2.05. The van der Waals surface area contributed by atoms with Crippen LogP contribution in [-0.2, 0) is 4.79 Å². The van der Waals surface area contributed by atoms with Gasteiger partial charge < -0.3 is 9.32 Å². The molecule has 0 saturated carbocycles. The molecule has 16 heavy (non-hydrogen) atoms. The van der Waals surface area contributed by atoms with E-state index in [1.807, 2.05) is 0 Å².